The summed E-state index contributed by atoms with van der Waals surface area (Å²) in [7, 11) is -2.33. The lowest BCUT2D eigenvalue weighted by Crippen LogP contribution is -2.41. The minimum absolute atomic E-state index is 0.0628. The number of amides is 1. The molecular formula is C20H25N3O5S. The Morgan fingerprint density at radius 2 is 1.69 bits per heavy atom. The third kappa shape index (κ3) is 5.47. The summed E-state index contributed by atoms with van der Waals surface area (Å²) in [5.41, 5.74) is 1.65. The van der Waals surface area contributed by atoms with Crippen molar-refractivity contribution in [2.75, 3.05) is 43.6 Å². The smallest absolute Gasteiger partial charge is 0.242 e. The van der Waals surface area contributed by atoms with E-state index in [1.165, 1.54) is 26.2 Å². The molecular weight excluding hydrogens is 394 g/mol. The van der Waals surface area contributed by atoms with E-state index in [2.05, 4.69) is 14.9 Å². The molecule has 0 bridgehead atoms. The van der Waals surface area contributed by atoms with Crippen molar-refractivity contribution < 1.29 is 22.7 Å². The minimum atomic E-state index is -3.83. The predicted molar refractivity (Wildman–Crippen MR) is 111 cm³/mol. The normalized spacial score (nSPS) is 15.6. The van der Waals surface area contributed by atoms with Crippen LogP contribution in [0.5, 0.6) is 5.75 Å². The molecule has 0 unspecified atom stereocenters. The Kier molecular flexibility index (Phi) is 6.73. The summed E-state index contributed by atoms with van der Waals surface area (Å²) in [5.74, 6) is 0.108. The van der Waals surface area contributed by atoms with Crippen LogP contribution >= 0.6 is 0 Å². The van der Waals surface area contributed by atoms with E-state index in [-0.39, 0.29) is 4.90 Å². The van der Waals surface area contributed by atoms with E-state index < -0.39 is 22.0 Å². The third-order valence-electron chi connectivity index (χ3n) is 4.61. The van der Waals surface area contributed by atoms with Crippen molar-refractivity contribution in [2.24, 2.45) is 0 Å². The molecule has 0 saturated carbocycles. The number of carbonyl (C=O) groups is 1. The van der Waals surface area contributed by atoms with Gasteiger partial charge in [0.2, 0.25) is 15.9 Å². The molecule has 1 heterocycles. The number of carbonyl (C=O) groups excluding carboxylic acids is 1. The molecule has 1 saturated heterocycles. The number of ether oxygens (including phenoxy) is 2. The summed E-state index contributed by atoms with van der Waals surface area (Å²) in [5, 5.41) is 2.74. The number of morpholine rings is 1. The lowest BCUT2D eigenvalue weighted by molar-refractivity contribution is -0.117. The van der Waals surface area contributed by atoms with Crippen molar-refractivity contribution in [3.05, 3.63) is 48.5 Å². The molecule has 0 radical (unpaired) electrons. The number of rotatable bonds is 7. The number of anilines is 2. The molecule has 9 heteroatoms. The van der Waals surface area contributed by atoms with Crippen LogP contribution in [0, 0.1) is 0 Å². The van der Waals surface area contributed by atoms with Gasteiger partial charge in [-0.25, -0.2) is 8.42 Å². The van der Waals surface area contributed by atoms with E-state index >= 15 is 0 Å². The average molecular weight is 420 g/mol. The van der Waals surface area contributed by atoms with Gasteiger partial charge in [-0.3, -0.25) is 4.79 Å². The topological polar surface area (TPSA) is 97.0 Å². The number of hydrogen-bond donors (Lipinski definition) is 2. The molecule has 1 aliphatic heterocycles. The second-order valence-electron chi connectivity index (χ2n) is 6.65. The van der Waals surface area contributed by atoms with Crippen molar-refractivity contribution >= 4 is 27.3 Å². The van der Waals surface area contributed by atoms with Gasteiger partial charge in [0.15, 0.2) is 0 Å². The molecule has 1 fully saturated rings. The molecule has 1 atom stereocenters. The van der Waals surface area contributed by atoms with Crippen LogP contribution in [0.1, 0.15) is 6.92 Å². The summed E-state index contributed by atoms with van der Waals surface area (Å²) < 4.78 is 37.7. The number of benzene rings is 2. The quantitative estimate of drug-likeness (QED) is 0.711. The molecule has 0 aliphatic carbocycles. The maximum atomic E-state index is 12.5. The highest BCUT2D eigenvalue weighted by atomic mass is 32.2. The average Bonchev–Trinajstić information content (AvgIpc) is 2.74. The number of nitrogens with zero attached hydrogens (tertiary/aromatic N) is 1. The van der Waals surface area contributed by atoms with Crippen molar-refractivity contribution in [1.82, 2.24) is 4.72 Å². The van der Waals surface area contributed by atoms with Crippen molar-refractivity contribution in [3.63, 3.8) is 0 Å². The van der Waals surface area contributed by atoms with Gasteiger partial charge < -0.3 is 19.7 Å². The Morgan fingerprint density at radius 1 is 1.07 bits per heavy atom. The first-order valence-electron chi connectivity index (χ1n) is 9.29. The molecule has 2 aromatic carbocycles. The van der Waals surface area contributed by atoms with E-state index in [1.807, 2.05) is 12.1 Å². The first kappa shape index (κ1) is 21.1. The van der Waals surface area contributed by atoms with Crippen molar-refractivity contribution in [2.45, 2.75) is 17.9 Å². The summed E-state index contributed by atoms with van der Waals surface area (Å²) in [6.07, 6.45) is 0. The second-order valence-corrected chi connectivity index (χ2v) is 8.37. The fourth-order valence-corrected chi connectivity index (χ4v) is 4.14. The van der Waals surface area contributed by atoms with Crippen LogP contribution in [0.2, 0.25) is 0 Å². The molecule has 8 nitrogen and oxygen atoms in total. The van der Waals surface area contributed by atoms with Crippen LogP contribution in [0.4, 0.5) is 11.4 Å². The Morgan fingerprint density at radius 3 is 2.28 bits per heavy atom. The monoisotopic (exact) mass is 419 g/mol. The molecule has 29 heavy (non-hydrogen) atoms. The predicted octanol–water partition coefficient (Wildman–Crippen LogP) is 1.84. The summed E-state index contributed by atoms with van der Waals surface area (Å²) in [4.78, 5) is 14.7. The zero-order valence-electron chi connectivity index (χ0n) is 16.4. The SMILES string of the molecule is COc1ccc(S(=O)(=O)N[C@@H](C)C(=O)Nc2ccc(N3CCOCC3)cc2)cc1. The van der Waals surface area contributed by atoms with Gasteiger partial charge in [-0.15, -0.1) is 0 Å². The molecule has 156 valence electrons. The van der Waals surface area contributed by atoms with Gasteiger partial charge in [-0.2, -0.15) is 4.72 Å². The molecule has 2 N–H and O–H groups in total. The van der Waals surface area contributed by atoms with Crippen molar-refractivity contribution in [3.8, 4) is 5.75 Å². The Balaban J connectivity index is 1.59. The third-order valence-corrected chi connectivity index (χ3v) is 6.16. The Labute approximate surface area is 170 Å². The second kappa shape index (κ2) is 9.25. The van der Waals surface area contributed by atoms with E-state index in [0.717, 1.165) is 18.8 Å². The minimum Gasteiger partial charge on any atom is -0.497 e. The van der Waals surface area contributed by atoms with Gasteiger partial charge in [0.1, 0.15) is 5.75 Å². The largest absolute Gasteiger partial charge is 0.497 e. The lowest BCUT2D eigenvalue weighted by Gasteiger charge is -2.29. The standard InChI is InChI=1S/C20H25N3O5S/c1-15(22-29(25,26)19-9-7-18(27-2)8-10-19)20(24)21-16-3-5-17(6-4-16)23-11-13-28-14-12-23/h3-10,15,22H,11-14H2,1-2H3,(H,21,24)/t15-/m0/s1. The summed E-state index contributed by atoms with van der Waals surface area (Å²) in [6, 6.07) is 12.5. The highest BCUT2D eigenvalue weighted by Crippen LogP contribution is 2.19. The van der Waals surface area contributed by atoms with Gasteiger partial charge in [-0.05, 0) is 55.5 Å². The van der Waals surface area contributed by atoms with Crippen LogP contribution in [0.15, 0.2) is 53.4 Å². The van der Waals surface area contributed by atoms with E-state index in [9.17, 15) is 13.2 Å². The van der Waals surface area contributed by atoms with Gasteiger partial charge in [0, 0.05) is 24.5 Å². The van der Waals surface area contributed by atoms with Crippen LogP contribution in [-0.2, 0) is 19.6 Å². The van der Waals surface area contributed by atoms with Crippen LogP contribution in [0.25, 0.3) is 0 Å². The molecule has 3 rings (SSSR count). The van der Waals surface area contributed by atoms with Crippen molar-refractivity contribution in [1.29, 1.82) is 0 Å². The fourth-order valence-electron chi connectivity index (χ4n) is 2.94. The van der Waals surface area contributed by atoms with E-state index in [1.54, 1.807) is 24.3 Å². The lowest BCUT2D eigenvalue weighted by atomic mass is 10.2. The van der Waals surface area contributed by atoms with Crippen LogP contribution in [0.3, 0.4) is 0 Å². The van der Waals surface area contributed by atoms with Gasteiger partial charge >= 0.3 is 0 Å². The Bertz CT molecular complexity index is 924. The van der Waals surface area contributed by atoms with Crippen LogP contribution < -0.4 is 19.7 Å². The van der Waals surface area contributed by atoms with Crippen LogP contribution in [-0.4, -0.2) is 53.8 Å². The summed E-state index contributed by atoms with van der Waals surface area (Å²) in [6.45, 7) is 4.55. The number of nitrogens with one attached hydrogen (secondary N) is 2. The van der Waals surface area contributed by atoms with E-state index in [4.69, 9.17) is 9.47 Å². The fraction of sp³-hybridized carbons (Fsp3) is 0.350. The number of methoxy groups -OCH3 is 1. The number of hydrogen-bond acceptors (Lipinski definition) is 6. The zero-order chi connectivity index (χ0) is 20.9. The summed E-state index contributed by atoms with van der Waals surface area (Å²) >= 11 is 0. The molecule has 2 aromatic rings. The first-order chi connectivity index (χ1) is 13.9. The molecule has 1 amide bonds. The highest BCUT2D eigenvalue weighted by molar-refractivity contribution is 7.89. The Hall–Kier alpha value is -2.62. The zero-order valence-corrected chi connectivity index (χ0v) is 17.2. The van der Waals surface area contributed by atoms with E-state index in [0.29, 0.717) is 24.7 Å². The van der Waals surface area contributed by atoms with Gasteiger partial charge in [0.25, 0.3) is 0 Å². The van der Waals surface area contributed by atoms with Gasteiger partial charge in [-0.1, -0.05) is 0 Å². The molecule has 0 aromatic heterocycles. The van der Waals surface area contributed by atoms with Gasteiger partial charge in [0.05, 0.1) is 31.3 Å². The molecule has 0 spiro atoms. The number of sulfonamides is 1. The maximum absolute atomic E-state index is 12.5. The highest BCUT2D eigenvalue weighted by Gasteiger charge is 2.22. The molecule has 1 aliphatic rings. The maximum Gasteiger partial charge on any atom is 0.242 e. The first-order valence-corrected chi connectivity index (χ1v) is 10.8.